The fourth-order valence-electron chi connectivity index (χ4n) is 4.81. The molecule has 1 unspecified atom stereocenters. The van der Waals surface area contributed by atoms with Crippen molar-refractivity contribution in [2.24, 2.45) is 0 Å². The molecule has 2 aliphatic rings. The molecule has 2 aromatic carbocycles. The summed E-state index contributed by atoms with van der Waals surface area (Å²) < 4.78 is 2.63. The fourth-order valence-corrected chi connectivity index (χ4v) is 4.81. The van der Waals surface area contributed by atoms with E-state index in [-0.39, 0.29) is 0 Å². The van der Waals surface area contributed by atoms with Gasteiger partial charge in [0, 0.05) is 22.9 Å². The second-order valence-electron chi connectivity index (χ2n) is 7.05. The highest BCUT2D eigenvalue weighted by Gasteiger charge is 2.37. The van der Waals surface area contributed by atoms with E-state index in [4.69, 9.17) is 0 Å². The molecule has 0 saturated carbocycles. The van der Waals surface area contributed by atoms with Gasteiger partial charge in [0.05, 0.1) is 18.8 Å². The molecular weight excluding hydrogens is 280 g/mol. The van der Waals surface area contributed by atoms with Gasteiger partial charge in [0.1, 0.15) is 12.6 Å². The summed E-state index contributed by atoms with van der Waals surface area (Å²) in [5.74, 6) is 0. The zero-order chi connectivity index (χ0) is 15.2. The average molecular weight is 303 g/mol. The van der Waals surface area contributed by atoms with Crippen LogP contribution in [0.25, 0.3) is 10.9 Å². The van der Waals surface area contributed by atoms with Crippen molar-refractivity contribution in [1.29, 1.82) is 0 Å². The minimum atomic E-state index is 0.681. The summed E-state index contributed by atoms with van der Waals surface area (Å²) in [6.07, 6.45) is 3.94. The van der Waals surface area contributed by atoms with Crippen molar-refractivity contribution < 1.29 is 4.90 Å². The molecule has 2 heteroatoms. The van der Waals surface area contributed by atoms with E-state index >= 15 is 0 Å². The van der Waals surface area contributed by atoms with E-state index in [2.05, 4.69) is 59.2 Å². The standard InChI is InChI=1S/C21H22N2/c1-2-7-16(8-3-1)15-22-13-14-23-19-11-5-4-9-17(19)18-10-6-12-20(22)21(18)23/h1-5,7-9,11,20H,6,10,12-15H2/p+1/t20-/m0/s1. The minimum Gasteiger partial charge on any atom is -0.334 e. The zero-order valence-electron chi connectivity index (χ0n) is 13.5. The number of aryl methyl sites for hydroxylation is 1. The van der Waals surface area contributed by atoms with Gasteiger partial charge in [-0.1, -0.05) is 48.5 Å². The Balaban J connectivity index is 1.59. The third kappa shape index (κ3) is 2.05. The van der Waals surface area contributed by atoms with Crippen LogP contribution in [-0.4, -0.2) is 11.1 Å². The van der Waals surface area contributed by atoms with E-state index in [1.165, 1.54) is 42.3 Å². The number of nitrogens with zero attached hydrogens (tertiary/aromatic N) is 1. The summed E-state index contributed by atoms with van der Waals surface area (Å²) >= 11 is 0. The van der Waals surface area contributed by atoms with Gasteiger partial charge in [0.25, 0.3) is 0 Å². The fraction of sp³-hybridized carbons (Fsp3) is 0.333. The molecule has 0 amide bonds. The Bertz CT molecular complexity index is 814. The number of rotatable bonds is 2. The van der Waals surface area contributed by atoms with E-state index in [9.17, 15) is 0 Å². The van der Waals surface area contributed by atoms with Gasteiger partial charge in [0.15, 0.2) is 0 Å². The van der Waals surface area contributed by atoms with Gasteiger partial charge in [0.2, 0.25) is 0 Å². The molecule has 1 aromatic heterocycles. The molecule has 116 valence electrons. The van der Waals surface area contributed by atoms with Crippen LogP contribution in [-0.2, 0) is 19.5 Å². The van der Waals surface area contributed by atoms with Crippen molar-refractivity contribution in [3.63, 3.8) is 0 Å². The Morgan fingerprint density at radius 1 is 1.00 bits per heavy atom. The van der Waals surface area contributed by atoms with Crippen LogP contribution in [0.5, 0.6) is 0 Å². The molecule has 0 bridgehead atoms. The molecule has 1 aliphatic heterocycles. The average Bonchev–Trinajstić information content (AvgIpc) is 2.94. The lowest BCUT2D eigenvalue weighted by Crippen LogP contribution is -3.12. The van der Waals surface area contributed by atoms with Crippen LogP contribution >= 0.6 is 0 Å². The number of quaternary nitrogens is 1. The summed E-state index contributed by atoms with van der Waals surface area (Å²) in [7, 11) is 0. The molecule has 2 nitrogen and oxygen atoms in total. The number of hydrogen-bond acceptors (Lipinski definition) is 0. The molecule has 0 radical (unpaired) electrons. The van der Waals surface area contributed by atoms with Gasteiger partial charge in [-0.3, -0.25) is 0 Å². The maximum atomic E-state index is 2.63. The van der Waals surface area contributed by atoms with Crippen molar-refractivity contribution in [3.05, 3.63) is 71.4 Å². The predicted octanol–water partition coefficient (Wildman–Crippen LogP) is 3.12. The number of nitrogens with one attached hydrogen (secondary N) is 1. The lowest BCUT2D eigenvalue weighted by molar-refractivity contribution is -0.950. The maximum Gasteiger partial charge on any atom is 0.129 e. The van der Waals surface area contributed by atoms with Crippen LogP contribution in [0.1, 0.15) is 35.7 Å². The summed E-state index contributed by atoms with van der Waals surface area (Å²) in [5.41, 5.74) is 6.22. The van der Waals surface area contributed by atoms with E-state index in [0.717, 1.165) is 13.1 Å². The second-order valence-corrected chi connectivity index (χ2v) is 7.05. The third-order valence-electron chi connectivity index (χ3n) is 5.79. The quantitative estimate of drug-likeness (QED) is 0.745. The molecule has 3 aromatic rings. The molecule has 0 spiro atoms. The van der Waals surface area contributed by atoms with Gasteiger partial charge in [-0.05, 0) is 24.5 Å². The van der Waals surface area contributed by atoms with Gasteiger partial charge in [-0.15, -0.1) is 0 Å². The Hall–Kier alpha value is -2.06. The Labute approximate surface area is 137 Å². The van der Waals surface area contributed by atoms with Crippen molar-refractivity contribution >= 4 is 10.9 Å². The van der Waals surface area contributed by atoms with E-state index in [0.29, 0.717) is 6.04 Å². The van der Waals surface area contributed by atoms with Crippen molar-refractivity contribution in [2.75, 3.05) is 6.54 Å². The number of fused-ring (bicyclic) bond motifs is 3. The molecule has 0 fully saturated rings. The summed E-state index contributed by atoms with van der Waals surface area (Å²) in [6.45, 7) is 3.56. The van der Waals surface area contributed by atoms with Crippen molar-refractivity contribution in [2.45, 2.75) is 38.4 Å². The van der Waals surface area contributed by atoms with Crippen LogP contribution < -0.4 is 4.90 Å². The monoisotopic (exact) mass is 303 g/mol. The number of aromatic nitrogens is 1. The topological polar surface area (TPSA) is 9.37 Å². The minimum absolute atomic E-state index is 0.681. The first-order chi connectivity index (χ1) is 11.4. The van der Waals surface area contributed by atoms with Gasteiger partial charge in [-0.2, -0.15) is 0 Å². The normalized spacial score (nSPS) is 23.0. The van der Waals surface area contributed by atoms with Gasteiger partial charge in [-0.25, -0.2) is 0 Å². The lowest BCUT2D eigenvalue weighted by Gasteiger charge is -2.37. The first-order valence-electron chi connectivity index (χ1n) is 8.90. The Morgan fingerprint density at radius 3 is 2.74 bits per heavy atom. The first kappa shape index (κ1) is 13.4. The zero-order valence-corrected chi connectivity index (χ0v) is 13.5. The Morgan fingerprint density at radius 2 is 1.83 bits per heavy atom. The smallest absolute Gasteiger partial charge is 0.129 e. The molecule has 2 heterocycles. The Kier molecular flexibility index (Phi) is 3.05. The van der Waals surface area contributed by atoms with Crippen molar-refractivity contribution in [3.8, 4) is 0 Å². The molecule has 5 rings (SSSR count). The molecular formula is C21H23N2+. The molecule has 0 saturated heterocycles. The first-order valence-corrected chi connectivity index (χ1v) is 8.90. The summed E-state index contributed by atoms with van der Waals surface area (Å²) in [6, 6.07) is 20.7. The number of benzene rings is 2. The number of hydrogen-bond donors (Lipinski definition) is 1. The summed E-state index contributed by atoms with van der Waals surface area (Å²) in [4.78, 5) is 1.76. The molecule has 23 heavy (non-hydrogen) atoms. The highest BCUT2D eigenvalue weighted by Crippen LogP contribution is 2.37. The lowest BCUT2D eigenvalue weighted by atomic mass is 9.89. The van der Waals surface area contributed by atoms with Crippen LogP contribution in [0.3, 0.4) is 0 Å². The molecule has 1 N–H and O–H groups in total. The van der Waals surface area contributed by atoms with Crippen LogP contribution in [0, 0.1) is 0 Å². The van der Waals surface area contributed by atoms with E-state index in [1.807, 2.05) is 0 Å². The summed E-state index contributed by atoms with van der Waals surface area (Å²) in [5, 5.41) is 1.51. The van der Waals surface area contributed by atoms with Crippen LogP contribution in [0.4, 0.5) is 0 Å². The highest BCUT2D eigenvalue weighted by molar-refractivity contribution is 5.86. The number of para-hydroxylation sites is 1. The van der Waals surface area contributed by atoms with Gasteiger partial charge < -0.3 is 9.47 Å². The van der Waals surface area contributed by atoms with Crippen LogP contribution in [0.2, 0.25) is 0 Å². The van der Waals surface area contributed by atoms with E-state index < -0.39 is 0 Å². The highest BCUT2D eigenvalue weighted by atomic mass is 15.2. The maximum absolute atomic E-state index is 2.63. The second kappa shape index (κ2) is 5.24. The molecule has 2 atom stereocenters. The van der Waals surface area contributed by atoms with E-state index in [1.54, 1.807) is 16.2 Å². The SMILES string of the molecule is c1ccc(C[NH+]2CCn3c4c(c5ccccc53)CCC[C@@H]42)cc1. The molecule has 1 aliphatic carbocycles. The van der Waals surface area contributed by atoms with Gasteiger partial charge >= 0.3 is 0 Å². The van der Waals surface area contributed by atoms with Crippen molar-refractivity contribution in [1.82, 2.24) is 4.57 Å². The van der Waals surface area contributed by atoms with Crippen LogP contribution in [0.15, 0.2) is 54.6 Å². The largest absolute Gasteiger partial charge is 0.334 e. The third-order valence-corrected chi connectivity index (χ3v) is 5.79. The predicted molar refractivity (Wildman–Crippen MR) is 93.6 cm³/mol.